The normalized spacial score (nSPS) is 19.4. The van der Waals surface area contributed by atoms with Crippen molar-refractivity contribution in [1.29, 1.82) is 0 Å². The molecule has 1 N–H and O–H groups in total. The van der Waals surface area contributed by atoms with Crippen LogP contribution < -0.4 is 0 Å². The van der Waals surface area contributed by atoms with Crippen molar-refractivity contribution in [2.24, 2.45) is 0 Å². The van der Waals surface area contributed by atoms with E-state index in [9.17, 15) is 9.90 Å². The lowest BCUT2D eigenvalue weighted by molar-refractivity contribution is -0.128. The number of carbonyl (C=O) groups is 1. The lowest BCUT2D eigenvalue weighted by atomic mass is 10.2. The number of carbonyl (C=O) groups excluding carboxylic acids is 1. The second-order valence-electron chi connectivity index (χ2n) is 5.00. The van der Waals surface area contributed by atoms with Gasteiger partial charge in [0.1, 0.15) is 11.1 Å². The number of phenolic OH excluding ortho intramolecular Hbond substituents is 1. The highest BCUT2D eigenvalue weighted by atomic mass is 32.2. The summed E-state index contributed by atoms with van der Waals surface area (Å²) >= 11 is 1.66. The summed E-state index contributed by atoms with van der Waals surface area (Å²) in [5.74, 6) is 1.02. The van der Waals surface area contributed by atoms with Crippen molar-refractivity contribution in [3.63, 3.8) is 0 Å². The van der Waals surface area contributed by atoms with E-state index in [-0.39, 0.29) is 17.0 Å². The maximum absolute atomic E-state index is 11.9. The summed E-state index contributed by atoms with van der Waals surface area (Å²) in [6, 6.07) is 7.14. The minimum absolute atomic E-state index is 0.0928. The molecule has 1 unspecified atom stereocenters. The Bertz CT molecular complexity index is 434. The second-order valence-corrected chi connectivity index (χ2v) is 6.07. The Balaban J connectivity index is 2.02. The summed E-state index contributed by atoms with van der Waals surface area (Å²) in [4.78, 5) is 16.0. The molecule has 4 nitrogen and oxygen atoms in total. The standard InChI is InChI=1S/C14H20N2O2S/c1-15(2)8-3-9-16-13(18)10-19-14(16)11-4-6-12(17)7-5-11/h4-7,14,17H,3,8-10H2,1-2H3. The van der Waals surface area contributed by atoms with E-state index in [4.69, 9.17) is 0 Å². The highest BCUT2D eigenvalue weighted by molar-refractivity contribution is 8.00. The minimum Gasteiger partial charge on any atom is -0.508 e. The van der Waals surface area contributed by atoms with Gasteiger partial charge < -0.3 is 14.9 Å². The van der Waals surface area contributed by atoms with Gasteiger partial charge in [-0.3, -0.25) is 4.79 Å². The third-order valence-electron chi connectivity index (χ3n) is 3.15. The van der Waals surface area contributed by atoms with Crippen molar-refractivity contribution in [2.75, 3.05) is 32.9 Å². The first-order chi connectivity index (χ1) is 9.08. The van der Waals surface area contributed by atoms with Crippen molar-refractivity contribution in [3.05, 3.63) is 29.8 Å². The van der Waals surface area contributed by atoms with Crippen LogP contribution >= 0.6 is 11.8 Å². The molecule has 1 heterocycles. The first-order valence-corrected chi connectivity index (χ1v) is 7.47. The number of benzene rings is 1. The Morgan fingerprint density at radius 3 is 2.68 bits per heavy atom. The van der Waals surface area contributed by atoms with E-state index in [1.54, 1.807) is 23.9 Å². The largest absolute Gasteiger partial charge is 0.508 e. The van der Waals surface area contributed by atoms with E-state index >= 15 is 0 Å². The van der Waals surface area contributed by atoms with E-state index in [1.165, 1.54) is 0 Å². The van der Waals surface area contributed by atoms with Crippen molar-refractivity contribution < 1.29 is 9.90 Å². The van der Waals surface area contributed by atoms with Gasteiger partial charge in [0.15, 0.2) is 0 Å². The molecule has 1 aliphatic heterocycles. The average Bonchev–Trinajstić information content (AvgIpc) is 2.72. The van der Waals surface area contributed by atoms with Gasteiger partial charge in [-0.05, 0) is 44.8 Å². The van der Waals surface area contributed by atoms with Gasteiger partial charge in [0, 0.05) is 6.54 Å². The number of nitrogens with zero attached hydrogens (tertiary/aromatic N) is 2. The zero-order chi connectivity index (χ0) is 13.8. The molecule has 1 amide bonds. The maximum Gasteiger partial charge on any atom is 0.233 e. The molecule has 1 fully saturated rings. The number of aromatic hydroxyl groups is 1. The van der Waals surface area contributed by atoms with E-state index in [2.05, 4.69) is 4.90 Å². The molecule has 2 rings (SSSR count). The third kappa shape index (κ3) is 3.64. The van der Waals surface area contributed by atoms with E-state index < -0.39 is 0 Å². The van der Waals surface area contributed by atoms with Crippen LogP contribution in [-0.2, 0) is 4.79 Å². The fraction of sp³-hybridized carbons (Fsp3) is 0.500. The van der Waals surface area contributed by atoms with Crippen molar-refractivity contribution in [1.82, 2.24) is 9.80 Å². The monoisotopic (exact) mass is 280 g/mol. The SMILES string of the molecule is CN(C)CCCN1C(=O)CSC1c1ccc(O)cc1. The predicted molar refractivity (Wildman–Crippen MR) is 78.2 cm³/mol. The number of hydrogen-bond acceptors (Lipinski definition) is 4. The van der Waals surface area contributed by atoms with Gasteiger partial charge in [0.25, 0.3) is 0 Å². The van der Waals surface area contributed by atoms with E-state index in [0.29, 0.717) is 5.75 Å². The second kappa shape index (κ2) is 6.30. The van der Waals surface area contributed by atoms with Gasteiger partial charge >= 0.3 is 0 Å². The van der Waals surface area contributed by atoms with Gasteiger partial charge in [0.2, 0.25) is 5.91 Å². The molecule has 0 spiro atoms. The van der Waals surface area contributed by atoms with Gasteiger partial charge in [-0.2, -0.15) is 0 Å². The summed E-state index contributed by atoms with van der Waals surface area (Å²) < 4.78 is 0. The van der Waals surface area contributed by atoms with Crippen LogP contribution in [0.25, 0.3) is 0 Å². The minimum atomic E-state index is 0.0928. The summed E-state index contributed by atoms with van der Waals surface area (Å²) in [6.07, 6.45) is 0.980. The molecular formula is C14H20N2O2S. The smallest absolute Gasteiger partial charge is 0.233 e. The highest BCUT2D eigenvalue weighted by Crippen LogP contribution is 2.38. The Morgan fingerprint density at radius 1 is 1.37 bits per heavy atom. The molecule has 1 aliphatic rings. The molecule has 5 heteroatoms. The van der Waals surface area contributed by atoms with Gasteiger partial charge in [0.05, 0.1) is 5.75 Å². The Morgan fingerprint density at radius 2 is 2.05 bits per heavy atom. The fourth-order valence-electron chi connectivity index (χ4n) is 2.17. The van der Waals surface area contributed by atoms with E-state index in [1.807, 2.05) is 31.1 Å². The zero-order valence-corrected chi connectivity index (χ0v) is 12.2. The molecule has 1 atom stereocenters. The molecule has 0 aromatic heterocycles. The third-order valence-corrected chi connectivity index (χ3v) is 4.41. The Hall–Kier alpha value is -1.20. The van der Waals surface area contributed by atoms with Gasteiger partial charge in [-0.25, -0.2) is 0 Å². The Kier molecular flexibility index (Phi) is 4.71. The topological polar surface area (TPSA) is 43.8 Å². The summed E-state index contributed by atoms with van der Waals surface area (Å²) in [7, 11) is 4.08. The molecule has 0 bridgehead atoms. The number of hydrogen-bond donors (Lipinski definition) is 1. The molecular weight excluding hydrogens is 260 g/mol. The lowest BCUT2D eigenvalue weighted by Gasteiger charge is -2.25. The lowest BCUT2D eigenvalue weighted by Crippen LogP contribution is -2.31. The van der Waals surface area contributed by atoms with Crippen molar-refractivity contribution in [2.45, 2.75) is 11.8 Å². The fourth-order valence-corrected chi connectivity index (χ4v) is 3.39. The molecule has 1 aromatic rings. The number of phenols is 1. The summed E-state index contributed by atoms with van der Waals surface area (Å²) in [6.45, 7) is 1.77. The van der Waals surface area contributed by atoms with Crippen LogP contribution in [0.5, 0.6) is 5.75 Å². The Labute approximate surface area is 118 Å². The zero-order valence-electron chi connectivity index (χ0n) is 11.4. The van der Waals surface area contributed by atoms with Crippen LogP contribution in [0.1, 0.15) is 17.4 Å². The molecule has 0 saturated carbocycles. The van der Waals surface area contributed by atoms with Crippen LogP contribution in [0.15, 0.2) is 24.3 Å². The maximum atomic E-state index is 11.9. The van der Waals surface area contributed by atoms with Crippen LogP contribution in [0.2, 0.25) is 0 Å². The summed E-state index contributed by atoms with van der Waals surface area (Å²) in [5, 5.41) is 9.42. The highest BCUT2D eigenvalue weighted by Gasteiger charge is 2.32. The quantitative estimate of drug-likeness (QED) is 0.895. The first kappa shape index (κ1) is 14.2. The predicted octanol–water partition coefficient (Wildman–Crippen LogP) is 1.92. The average molecular weight is 280 g/mol. The number of amides is 1. The summed E-state index contributed by atoms with van der Waals surface area (Å²) in [5.41, 5.74) is 1.08. The van der Waals surface area contributed by atoms with E-state index in [0.717, 1.165) is 25.1 Å². The van der Waals surface area contributed by atoms with Crippen molar-refractivity contribution in [3.8, 4) is 5.75 Å². The van der Waals surface area contributed by atoms with Gasteiger partial charge in [-0.1, -0.05) is 12.1 Å². The van der Waals surface area contributed by atoms with Gasteiger partial charge in [-0.15, -0.1) is 11.8 Å². The van der Waals surface area contributed by atoms with Crippen molar-refractivity contribution >= 4 is 17.7 Å². The number of rotatable bonds is 5. The van der Waals surface area contributed by atoms with Crippen LogP contribution in [-0.4, -0.2) is 53.8 Å². The first-order valence-electron chi connectivity index (χ1n) is 6.42. The van der Waals surface area contributed by atoms with Crippen LogP contribution in [0.3, 0.4) is 0 Å². The molecule has 19 heavy (non-hydrogen) atoms. The van der Waals surface area contributed by atoms with Crippen LogP contribution in [0, 0.1) is 0 Å². The number of thioether (sulfide) groups is 1. The molecule has 104 valence electrons. The molecule has 0 radical (unpaired) electrons. The molecule has 0 aliphatic carbocycles. The molecule has 1 aromatic carbocycles. The van der Waals surface area contributed by atoms with Crippen LogP contribution in [0.4, 0.5) is 0 Å². The molecule has 1 saturated heterocycles.